The third kappa shape index (κ3) is 5.46. The number of aliphatic hydroxyl groups excluding tert-OH is 1. The Kier molecular flexibility index (Phi) is 7.84. The van der Waals surface area contributed by atoms with E-state index in [4.69, 9.17) is 20.3 Å². The zero-order chi connectivity index (χ0) is 20.6. The smallest absolute Gasteiger partial charge is 0.320 e. The van der Waals surface area contributed by atoms with Crippen molar-refractivity contribution in [1.29, 1.82) is 0 Å². The summed E-state index contributed by atoms with van der Waals surface area (Å²) in [5.74, 6) is 0.304. The first-order chi connectivity index (χ1) is 14.2. The number of rotatable bonds is 11. The van der Waals surface area contributed by atoms with E-state index in [1.165, 1.54) is 0 Å². The fraction of sp³-hybridized carbons (Fsp3) is 0.737. The van der Waals surface area contributed by atoms with Crippen LogP contribution in [-0.2, 0) is 6.54 Å². The summed E-state index contributed by atoms with van der Waals surface area (Å²) in [5, 5.41) is 9.06. The Balaban J connectivity index is 1.64. The Bertz CT molecular complexity index is 775. The minimum absolute atomic E-state index is 0.225. The van der Waals surface area contributed by atoms with E-state index < -0.39 is 0 Å². The number of unbranched alkanes of at least 4 members (excludes halogenated alkanes) is 1. The molecule has 0 spiro atoms. The molecular weight excluding hydrogens is 374 g/mol. The van der Waals surface area contributed by atoms with Crippen LogP contribution >= 0.6 is 0 Å². The van der Waals surface area contributed by atoms with Gasteiger partial charge in [0.25, 0.3) is 6.01 Å². The van der Waals surface area contributed by atoms with E-state index in [0.29, 0.717) is 29.6 Å². The Labute approximate surface area is 171 Å². The number of methoxy groups -OCH3 is 1. The van der Waals surface area contributed by atoms with E-state index in [9.17, 15) is 0 Å². The number of aliphatic hydroxyl groups is 1. The molecule has 3 heterocycles. The molecule has 3 N–H and O–H groups in total. The van der Waals surface area contributed by atoms with Crippen LogP contribution in [0.5, 0.6) is 12.0 Å². The third-order valence-corrected chi connectivity index (χ3v) is 5.21. The number of hydrogen-bond acceptors (Lipinski definition) is 9. The Hall–Kier alpha value is -2.17. The van der Waals surface area contributed by atoms with E-state index in [-0.39, 0.29) is 12.6 Å². The number of fused-ring (bicyclic) bond motifs is 1. The van der Waals surface area contributed by atoms with E-state index in [1.54, 1.807) is 7.11 Å². The highest BCUT2D eigenvalue weighted by Crippen LogP contribution is 2.25. The van der Waals surface area contributed by atoms with Gasteiger partial charge in [-0.2, -0.15) is 15.0 Å². The molecule has 2 aromatic rings. The number of nitrogens with two attached hydrogens (primary N) is 1. The van der Waals surface area contributed by atoms with Crippen LogP contribution in [0.25, 0.3) is 11.2 Å². The second kappa shape index (κ2) is 10.6. The SMILES string of the molecule is CCCCOc1nc(N)c2nc(OC)n(CCCN3CCN(CCO)CC3)c2n1. The molecule has 29 heavy (non-hydrogen) atoms. The van der Waals surface area contributed by atoms with Crippen LogP contribution < -0.4 is 15.2 Å². The average Bonchev–Trinajstić information content (AvgIpc) is 3.08. The predicted octanol–water partition coefficient (Wildman–Crippen LogP) is 0.596. The first-order valence-corrected chi connectivity index (χ1v) is 10.4. The summed E-state index contributed by atoms with van der Waals surface area (Å²) in [4.78, 5) is 18.0. The Morgan fingerprint density at radius 1 is 1.00 bits per heavy atom. The number of nitrogens with zero attached hydrogens (tertiary/aromatic N) is 6. The molecule has 1 fully saturated rings. The highest BCUT2D eigenvalue weighted by molar-refractivity contribution is 5.83. The van der Waals surface area contributed by atoms with Gasteiger partial charge in [0, 0.05) is 39.3 Å². The number of piperazine rings is 1. The third-order valence-electron chi connectivity index (χ3n) is 5.21. The molecule has 2 aromatic heterocycles. The molecule has 1 aliphatic rings. The molecule has 0 saturated carbocycles. The number of aryl methyl sites for hydroxylation is 1. The molecule has 0 aliphatic carbocycles. The summed E-state index contributed by atoms with van der Waals surface area (Å²) in [6, 6.07) is 0.770. The van der Waals surface area contributed by atoms with E-state index in [1.807, 2.05) is 4.57 Å². The second-order valence-corrected chi connectivity index (χ2v) is 7.28. The number of nitrogen functional groups attached to an aromatic ring is 1. The average molecular weight is 408 g/mol. The van der Waals surface area contributed by atoms with E-state index in [2.05, 4.69) is 31.7 Å². The van der Waals surface area contributed by atoms with Gasteiger partial charge in [-0.25, -0.2) is 0 Å². The first kappa shape index (κ1) is 21.5. The van der Waals surface area contributed by atoms with Crippen molar-refractivity contribution >= 4 is 17.0 Å². The summed E-state index contributed by atoms with van der Waals surface area (Å²) in [7, 11) is 1.60. The number of imidazole rings is 1. The number of β-amino-alcohol motifs (C(OH)–C–C–N with tert-alkyl or cyclic N) is 1. The molecule has 10 nitrogen and oxygen atoms in total. The molecule has 1 saturated heterocycles. The minimum atomic E-state index is 0.225. The van der Waals surface area contributed by atoms with Crippen molar-refractivity contribution in [2.45, 2.75) is 32.7 Å². The minimum Gasteiger partial charge on any atom is -0.468 e. The molecule has 10 heteroatoms. The van der Waals surface area contributed by atoms with Crippen molar-refractivity contribution in [2.75, 3.05) is 65.3 Å². The van der Waals surface area contributed by atoms with Crippen LogP contribution in [-0.4, -0.2) is 94.0 Å². The molecule has 0 amide bonds. The highest BCUT2D eigenvalue weighted by Gasteiger charge is 2.19. The Morgan fingerprint density at radius 3 is 2.38 bits per heavy atom. The van der Waals surface area contributed by atoms with Crippen molar-refractivity contribution in [1.82, 2.24) is 29.3 Å². The largest absolute Gasteiger partial charge is 0.468 e. The lowest BCUT2D eigenvalue weighted by Gasteiger charge is -2.34. The quantitative estimate of drug-likeness (QED) is 0.517. The van der Waals surface area contributed by atoms with Crippen LogP contribution in [0, 0.1) is 0 Å². The van der Waals surface area contributed by atoms with Crippen molar-refractivity contribution in [3.05, 3.63) is 0 Å². The Morgan fingerprint density at radius 2 is 1.72 bits per heavy atom. The lowest BCUT2D eigenvalue weighted by Crippen LogP contribution is -2.47. The zero-order valence-corrected chi connectivity index (χ0v) is 17.5. The summed E-state index contributed by atoms with van der Waals surface area (Å²) in [6.45, 7) is 9.40. The standard InChI is InChI=1S/C19H33N7O3/c1-3-4-14-29-18-22-16(20)15-17(23-18)26(19(21-15)28-2)7-5-6-24-8-10-25(11-9-24)12-13-27/h27H,3-14H2,1-2H3,(H2,20,22,23). The summed E-state index contributed by atoms with van der Waals surface area (Å²) in [6.07, 6.45) is 2.92. The highest BCUT2D eigenvalue weighted by atomic mass is 16.5. The molecule has 162 valence electrons. The van der Waals surface area contributed by atoms with Crippen molar-refractivity contribution in [3.63, 3.8) is 0 Å². The molecule has 0 atom stereocenters. The summed E-state index contributed by atoms with van der Waals surface area (Å²) >= 11 is 0. The number of ether oxygens (including phenoxy) is 2. The van der Waals surface area contributed by atoms with Gasteiger partial charge < -0.3 is 25.2 Å². The molecule has 0 aromatic carbocycles. The number of aromatic nitrogens is 4. The maximum atomic E-state index is 9.06. The molecule has 3 rings (SSSR count). The maximum Gasteiger partial charge on any atom is 0.320 e. The normalized spacial score (nSPS) is 15.8. The predicted molar refractivity (Wildman–Crippen MR) is 111 cm³/mol. The van der Waals surface area contributed by atoms with Gasteiger partial charge in [0.1, 0.15) is 0 Å². The van der Waals surface area contributed by atoms with E-state index in [0.717, 1.165) is 65.1 Å². The zero-order valence-electron chi connectivity index (χ0n) is 17.5. The number of anilines is 1. The van der Waals surface area contributed by atoms with Gasteiger partial charge in [0.2, 0.25) is 0 Å². The van der Waals surface area contributed by atoms with Gasteiger partial charge in [-0.15, -0.1) is 0 Å². The monoisotopic (exact) mass is 407 g/mol. The van der Waals surface area contributed by atoms with Gasteiger partial charge >= 0.3 is 6.01 Å². The molecule has 0 bridgehead atoms. The molecule has 0 radical (unpaired) electrons. The maximum absolute atomic E-state index is 9.06. The topological polar surface area (TPSA) is 115 Å². The number of hydrogen-bond donors (Lipinski definition) is 2. The molecule has 0 unspecified atom stereocenters. The lowest BCUT2D eigenvalue weighted by molar-refractivity contribution is 0.111. The summed E-state index contributed by atoms with van der Waals surface area (Å²) in [5.41, 5.74) is 7.28. The molecule has 1 aliphatic heterocycles. The van der Waals surface area contributed by atoms with Gasteiger partial charge in [-0.1, -0.05) is 13.3 Å². The second-order valence-electron chi connectivity index (χ2n) is 7.28. The van der Waals surface area contributed by atoms with Crippen LogP contribution in [0.1, 0.15) is 26.2 Å². The van der Waals surface area contributed by atoms with Crippen LogP contribution in [0.4, 0.5) is 5.82 Å². The van der Waals surface area contributed by atoms with Gasteiger partial charge in [0.15, 0.2) is 17.0 Å². The van der Waals surface area contributed by atoms with Crippen LogP contribution in [0.2, 0.25) is 0 Å². The van der Waals surface area contributed by atoms with Gasteiger partial charge in [-0.05, 0) is 19.4 Å². The lowest BCUT2D eigenvalue weighted by atomic mass is 10.3. The fourth-order valence-corrected chi connectivity index (χ4v) is 3.54. The molecular formula is C19H33N7O3. The van der Waals surface area contributed by atoms with Gasteiger partial charge in [0.05, 0.1) is 20.3 Å². The van der Waals surface area contributed by atoms with Crippen LogP contribution in [0.15, 0.2) is 0 Å². The van der Waals surface area contributed by atoms with Gasteiger partial charge in [-0.3, -0.25) is 9.47 Å². The van der Waals surface area contributed by atoms with Crippen LogP contribution in [0.3, 0.4) is 0 Å². The summed E-state index contributed by atoms with van der Waals surface area (Å²) < 4.78 is 13.0. The van der Waals surface area contributed by atoms with E-state index >= 15 is 0 Å². The first-order valence-electron chi connectivity index (χ1n) is 10.4. The van der Waals surface area contributed by atoms with Crippen molar-refractivity contribution in [3.8, 4) is 12.0 Å². The van der Waals surface area contributed by atoms with Crippen molar-refractivity contribution < 1.29 is 14.6 Å². The fourth-order valence-electron chi connectivity index (χ4n) is 3.54. The van der Waals surface area contributed by atoms with Crippen molar-refractivity contribution in [2.24, 2.45) is 0 Å².